The molecule has 1 aliphatic carbocycles. The van der Waals surface area contributed by atoms with Gasteiger partial charge in [0.25, 0.3) is 0 Å². The first-order valence-electron chi connectivity index (χ1n) is 7.23. The molecular formula is C17H24N2O. The number of benzene rings is 1. The molecule has 1 aromatic carbocycles. The minimum Gasteiger partial charge on any atom is -0.335 e. The number of hydrogen-bond acceptors (Lipinski definition) is 1. The van der Waals surface area contributed by atoms with E-state index in [-0.39, 0.29) is 6.03 Å². The van der Waals surface area contributed by atoms with Crippen LogP contribution in [0.15, 0.2) is 18.2 Å². The molecular weight excluding hydrogens is 248 g/mol. The molecule has 0 unspecified atom stereocenters. The van der Waals surface area contributed by atoms with Crippen molar-refractivity contribution >= 4 is 11.6 Å². The molecule has 2 rings (SSSR count). The third-order valence-electron chi connectivity index (χ3n) is 3.84. The summed E-state index contributed by atoms with van der Waals surface area (Å²) in [7, 11) is 3.51. The van der Waals surface area contributed by atoms with E-state index in [1.54, 1.807) is 19.0 Å². The van der Waals surface area contributed by atoms with Gasteiger partial charge in [0.2, 0.25) is 0 Å². The van der Waals surface area contributed by atoms with Crippen LogP contribution in [-0.2, 0) is 6.42 Å². The number of aryl methyl sites for hydroxylation is 2. The molecule has 1 aromatic rings. The summed E-state index contributed by atoms with van der Waals surface area (Å²) in [6.07, 6.45) is 5.64. The summed E-state index contributed by atoms with van der Waals surface area (Å²) in [6.45, 7) is 4.94. The van der Waals surface area contributed by atoms with Crippen LogP contribution in [-0.4, -0.2) is 31.6 Å². The largest absolute Gasteiger partial charge is 0.335 e. The second kappa shape index (κ2) is 6.12. The van der Waals surface area contributed by atoms with Gasteiger partial charge in [0.1, 0.15) is 0 Å². The quantitative estimate of drug-likeness (QED) is 0.880. The Morgan fingerprint density at radius 2 is 2.05 bits per heavy atom. The Bertz CT molecular complexity index is 544. The Labute approximate surface area is 121 Å². The highest BCUT2D eigenvalue weighted by Crippen LogP contribution is 2.33. The highest BCUT2D eigenvalue weighted by molar-refractivity contribution is 5.75. The van der Waals surface area contributed by atoms with Crippen LogP contribution in [0.4, 0.5) is 4.79 Å². The Morgan fingerprint density at radius 1 is 1.30 bits per heavy atom. The van der Waals surface area contributed by atoms with E-state index in [4.69, 9.17) is 0 Å². The highest BCUT2D eigenvalue weighted by atomic mass is 16.2. The molecule has 3 heteroatoms. The molecule has 2 amide bonds. The van der Waals surface area contributed by atoms with Crippen molar-refractivity contribution in [3.8, 4) is 0 Å². The van der Waals surface area contributed by atoms with E-state index < -0.39 is 0 Å². The third kappa shape index (κ3) is 3.21. The summed E-state index contributed by atoms with van der Waals surface area (Å²) in [5.41, 5.74) is 6.94. The van der Waals surface area contributed by atoms with Gasteiger partial charge in [0, 0.05) is 20.6 Å². The molecule has 0 radical (unpaired) electrons. The second-order valence-electron chi connectivity index (χ2n) is 5.77. The van der Waals surface area contributed by atoms with Crippen molar-refractivity contribution in [3.05, 3.63) is 40.5 Å². The fraction of sp³-hybridized carbons (Fsp3) is 0.471. The molecule has 1 N–H and O–H groups in total. The van der Waals surface area contributed by atoms with Crippen molar-refractivity contribution in [3.63, 3.8) is 0 Å². The topological polar surface area (TPSA) is 32.3 Å². The van der Waals surface area contributed by atoms with Crippen LogP contribution < -0.4 is 5.32 Å². The van der Waals surface area contributed by atoms with Gasteiger partial charge in [0.15, 0.2) is 0 Å². The van der Waals surface area contributed by atoms with Gasteiger partial charge in [-0.15, -0.1) is 0 Å². The molecule has 0 aliphatic heterocycles. The van der Waals surface area contributed by atoms with Gasteiger partial charge < -0.3 is 10.2 Å². The van der Waals surface area contributed by atoms with Crippen LogP contribution in [0, 0.1) is 13.8 Å². The maximum atomic E-state index is 11.5. The van der Waals surface area contributed by atoms with Crippen molar-refractivity contribution in [2.24, 2.45) is 0 Å². The van der Waals surface area contributed by atoms with Crippen LogP contribution in [0.1, 0.15) is 35.1 Å². The predicted molar refractivity (Wildman–Crippen MR) is 83.9 cm³/mol. The maximum absolute atomic E-state index is 11.5. The van der Waals surface area contributed by atoms with Crippen molar-refractivity contribution < 1.29 is 4.79 Å². The van der Waals surface area contributed by atoms with Gasteiger partial charge in [-0.05, 0) is 55.4 Å². The van der Waals surface area contributed by atoms with Gasteiger partial charge in [-0.3, -0.25) is 0 Å². The zero-order valence-corrected chi connectivity index (χ0v) is 12.9. The average Bonchev–Trinajstić information content (AvgIpc) is 2.39. The average molecular weight is 272 g/mol. The van der Waals surface area contributed by atoms with Crippen molar-refractivity contribution in [2.45, 2.75) is 33.1 Å². The summed E-state index contributed by atoms with van der Waals surface area (Å²) >= 11 is 0. The number of carbonyl (C=O) groups is 1. The van der Waals surface area contributed by atoms with Gasteiger partial charge >= 0.3 is 6.03 Å². The van der Waals surface area contributed by atoms with Gasteiger partial charge in [-0.25, -0.2) is 4.79 Å². The fourth-order valence-electron chi connectivity index (χ4n) is 2.84. The summed E-state index contributed by atoms with van der Waals surface area (Å²) < 4.78 is 0. The number of rotatable bonds is 2. The third-order valence-corrected chi connectivity index (χ3v) is 3.84. The standard InChI is InChI=1S/C17H24N2O/c1-12-10-13(2)15-7-5-6-14(16(15)11-12)8-9-18-17(20)19(3)4/h8,10-11H,5-7,9H2,1-4H3,(H,18,20)/b14-8-. The molecule has 20 heavy (non-hydrogen) atoms. The van der Waals surface area contributed by atoms with E-state index in [2.05, 4.69) is 37.4 Å². The molecule has 0 saturated carbocycles. The molecule has 108 valence electrons. The van der Waals surface area contributed by atoms with Gasteiger partial charge in [-0.2, -0.15) is 0 Å². The number of hydrogen-bond donors (Lipinski definition) is 1. The number of nitrogens with one attached hydrogen (secondary N) is 1. The van der Waals surface area contributed by atoms with Crippen molar-refractivity contribution in [1.29, 1.82) is 0 Å². The van der Waals surface area contributed by atoms with Crippen LogP contribution in [0.5, 0.6) is 0 Å². The van der Waals surface area contributed by atoms with Crippen LogP contribution >= 0.6 is 0 Å². The van der Waals surface area contributed by atoms with Crippen LogP contribution in [0.3, 0.4) is 0 Å². The minimum absolute atomic E-state index is 0.0432. The van der Waals surface area contributed by atoms with Crippen LogP contribution in [0.25, 0.3) is 5.57 Å². The normalized spacial score (nSPS) is 15.9. The predicted octanol–water partition coefficient (Wildman–Crippen LogP) is 3.29. The summed E-state index contributed by atoms with van der Waals surface area (Å²) in [6, 6.07) is 4.50. The molecule has 0 atom stereocenters. The van der Waals surface area contributed by atoms with E-state index in [1.807, 2.05) is 0 Å². The van der Waals surface area contributed by atoms with E-state index in [0.29, 0.717) is 6.54 Å². The lowest BCUT2D eigenvalue weighted by Gasteiger charge is -2.22. The first kappa shape index (κ1) is 14.6. The monoisotopic (exact) mass is 272 g/mol. The molecule has 1 aliphatic rings. The van der Waals surface area contributed by atoms with Gasteiger partial charge in [-0.1, -0.05) is 23.8 Å². The summed E-state index contributed by atoms with van der Waals surface area (Å²) in [4.78, 5) is 13.1. The summed E-state index contributed by atoms with van der Waals surface area (Å²) in [5, 5.41) is 2.90. The zero-order chi connectivity index (χ0) is 14.7. The Balaban J connectivity index is 2.18. The number of carbonyl (C=O) groups excluding carboxylic acids is 1. The van der Waals surface area contributed by atoms with Crippen LogP contribution in [0.2, 0.25) is 0 Å². The lowest BCUT2D eigenvalue weighted by atomic mass is 9.83. The zero-order valence-electron chi connectivity index (χ0n) is 12.9. The number of nitrogens with zero attached hydrogens (tertiary/aromatic N) is 1. The first-order chi connectivity index (χ1) is 9.49. The Hall–Kier alpha value is -1.77. The number of allylic oxidation sites excluding steroid dienone is 1. The number of fused-ring (bicyclic) bond motifs is 1. The van der Waals surface area contributed by atoms with Gasteiger partial charge in [0.05, 0.1) is 0 Å². The Morgan fingerprint density at radius 3 is 2.75 bits per heavy atom. The Kier molecular flexibility index (Phi) is 4.48. The number of amides is 2. The molecule has 3 nitrogen and oxygen atoms in total. The van der Waals surface area contributed by atoms with E-state index in [1.165, 1.54) is 40.7 Å². The lowest BCUT2D eigenvalue weighted by molar-refractivity contribution is 0.218. The highest BCUT2D eigenvalue weighted by Gasteiger charge is 2.16. The SMILES string of the molecule is Cc1cc(C)c2c(c1)/C(=C\CNC(=O)N(C)C)CCC2. The molecule has 0 spiro atoms. The minimum atomic E-state index is -0.0432. The molecule has 0 bridgehead atoms. The maximum Gasteiger partial charge on any atom is 0.317 e. The second-order valence-corrected chi connectivity index (χ2v) is 5.77. The van der Waals surface area contributed by atoms with E-state index in [0.717, 1.165) is 6.42 Å². The summed E-state index contributed by atoms with van der Waals surface area (Å²) in [5.74, 6) is 0. The first-order valence-corrected chi connectivity index (χ1v) is 7.23. The van der Waals surface area contributed by atoms with E-state index >= 15 is 0 Å². The van der Waals surface area contributed by atoms with Crippen molar-refractivity contribution in [1.82, 2.24) is 10.2 Å². The number of urea groups is 1. The fourth-order valence-corrected chi connectivity index (χ4v) is 2.84. The molecule has 0 aromatic heterocycles. The van der Waals surface area contributed by atoms with Crippen molar-refractivity contribution in [2.75, 3.05) is 20.6 Å². The van der Waals surface area contributed by atoms with E-state index in [9.17, 15) is 4.79 Å². The molecule has 0 heterocycles. The smallest absolute Gasteiger partial charge is 0.317 e. The lowest BCUT2D eigenvalue weighted by Crippen LogP contribution is -2.34. The molecule has 0 fully saturated rings. The molecule has 0 saturated heterocycles.